The first-order valence-corrected chi connectivity index (χ1v) is 5.98. The van der Waals surface area contributed by atoms with Gasteiger partial charge in [0.15, 0.2) is 0 Å². The molecular weight excluding hydrogens is 208 g/mol. The molecule has 0 aromatic heterocycles. The smallest absolute Gasteiger partial charge is 0.0790 e. The minimum atomic E-state index is -0.344. The second-order valence-electron chi connectivity index (χ2n) is 4.55. The van der Waals surface area contributed by atoms with Crippen molar-refractivity contribution < 1.29 is 5.11 Å². The summed E-state index contributed by atoms with van der Waals surface area (Å²) in [5.74, 6) is 0.876. The summed E-state index contributed by atoms with van der Waals surface area (Å²) in [6.45, 7) is 1.97. The molecule has 15 heavy (non-hydrogen) atoms. The van der Waals surface area contributed by atoms with Crippen LogP contribution in [0.4, 0.5) is 0 Å². The molecule has 0 radical (unpaired) electrons. The summed E-state index contributed by atoms with van der Waals surface area (Å²) in [4.78, 5) is 0. The molecule has 1 atom stereocenters. The van der Waals surface area contributed by atoms with Gasteiger partial charge in [-0.2, -0.15) is 0 Å². The zero-order valence-corrected chi connectivity index (χ0v) is 9.80. The van der Waals surface area contributed by atoms with Crippen LogP contribution >= 0.6 is 11.6 Å². The zero-order valence-electron chi connectivity index (χ0n) is 9.04. The van der Waals surface area contributed by atoms with Gasteiger partial charge in [-0.25, -0.2) is 0 Å². The zero-order chi connectivity index (χ0) is 10.8. The largest absolute Gasteiger partial charge is 0.388 e. The monoisotopic (exact) mass is 224 g/mol. The minimum absolute atomic E-state index is 0.344. The number of benzene rings is 1. The van der Waals surface area contributed by atoms with Crippen molar-refractivity contribution in [3.63, 3.8) is 0 Å². The van der Waals surface area contributed by atoms with Gasteiger partial charge in [0.05, 0.1) is 6.10 Å². The van der Waals surface area contributed by atoms with Gasteiger partial charge in [0.2, 0.25) is 0 Å². The first-order valence-electron chi connectivity index (χ1n) is 5.61. The van der Waals surface area contributed by atoms with Gasteiger partial charge in [-0.1, -0.05) is 36.6 Å². The molecule has 1 aromatic rings. The second-order valence-corrected chi connectivity index (χ2v) is 4.95. The Morgan fingerprint density at radius 3 is 2.80 bits per heavy atom. The molecular formula is C13H17ClO. The Morgan fingerprint density at radius 1 is 1.47 bits per heavy atom. The fourth-order valence-electron chi connectivity index (χ4n) is 1.78. The highest BCUT2D eigenvalue weighted by Crippen LogP contribution is 2.36. The van der Waals surface area contributed by atoms with Crippen molar-refractivity contribution in [3.8, 4) is 0 Å². The fourth-order valence-corrected chi connectivity index (χ4v) is 1.97. The molecule has 2 rings (SSSR count). The van der Waals surface area contributed by atoms with E-state index in [0.717, 1.165) is 34.9 Å². The molecule has 1 aliphatic rings. The topological polar surface area (TPSA) is 20.2 Å². The summed E-state index contributed by atoms with van der Waals surface area (Å²) in [7, 11) is 0. The molecule has 1 saturated carbocycles. The Morgan fingerprint density at radius 2 is 2.20 bits per heavy atom. The van der Waals surface area contributed by atoms with Crippen LogP contribution in [0.1, 0.15) is 42.9 Å². The quantitative estimate of drug-likeness (QED) is 0.823. The Balaban J connectivity index is 1.97. The van der Waals surface area contributed by atoms with Crippen LogP contribution in [-0.4, -0.2) is 5.11 Å². The molecule has 1 fully saturated rings. The van der Waals surface area contributed by atoms with E-state index in [0.29, 0.717) is 0 Å². The van der Waals surface area contributed by atoms with Crippen LogP contribution in [0.3, 0.4) is 0 Å². The van der Waals surface area contributed by atoms with Crippen LogP contribution in [0.2, 0.25) is 5.02 Å². The minimum Gasteiger partial charge on any atom is -0.388 e. The third-order valence-electron chi connectivity index (χ3n) is 3.13. The number of halogens is 1. The average Bonchev–Trinajstić information content (AvgIpc) is 3.02. The molecule has 0 saturated heterocycles. The highest BCUT2D eigenvalue weighted by molar-refractivity contribution is 6.31. The van der Waals surface area contributed by atoms with E-state index in [1.807, 2.05) is 25.1 Å². The van der Waals surface area contributed by atoms with Crippen molar-refractivity contribution in [2.45, 2.75) is 38.7 Å². The SMILES string of the molecule is Cc1ccc(C(O)CCC2CC2)cc1Cl. The summed E-state index contributed by atoms with van der Waals surface area (Å²) in [5.41, 5.74) is 2.01. The maximum Gasteiger partial charge on any atom is 0.0790 e. The van der Waals surface area contributed by atoms with Crippen LogP contribution < -0.4 is 0 Å². The third kappa shape index (κ3) is 2.96. The van der Waals surface area contributed by atoms with Gasteiger partial charge in [-0.15, -0.1) is 0 Å². The molecule has 2 heteroatoms. The molecule has 0 amide bonds. The average molecular weight is 225 g/mol. The van der Waals surface area contributed by atoms with Crippen molar-refractivity contribution >= 4 is 11.6 Å². The Labute approximate surface area is 96.1 Å². The van der Waals surface area contributed by atoms with Gasteiger partial charge in [0.25, 0.3) is 0 Å². The number of aliphatic hydroxyl groups is 1. The highest BCUT2D eigenvalue weighted by atomic mass is 35.5. The van der Waals surface area contributed by atoms with Crippen molar-refractivity contribution in [3.05, 3.63) is 34.3 Å². The van der Waals surface area contributed by atoms with Crippen molar-refractivity contribution in [2.75, 3.05) is 0 Å². The summed E-state index contributed by atoms with van der Waals surface area (Å²) >= 11 is 6.02. The first-order chi connectivity index (χ1) is 7.16. The third-order valence-corrected chi connectivity index (χ3v) is 3.53. The molecule has 1 N–H and O–H groups in total. The number of hydrogen-bond donors (Lipinski definition) is 1. The standard InChI is InChI=1S/C13H17ClO/c1-9-2-6-11(8-12(9)14)13(15)7-5-10-3-4-10/h2,6,8,10,13,15H,3-5,7H2,1H3. The molecule has 0 spiro atoms. The van der Waals surface area contributed by atoms with Crippen LogP contribution in [0.15, 0.2) is 18.2 Å². The van der Waals surface area contributed by atoms with Crippen LogP contribution in [0.25, 0.3) is 0 Å². The molecule has 1 nitrogen and oxygen atoms in total. The van der Waals surface area contributed by atoms with Gasteiger partial charge < -0.3 is 5.11 Å². The molecule has 1 unspecified atom stereocenters. The molecule has 0 aliphatic heterocycles. The summed E-state index contributed by atoms with van der Waals surface area (Å²) in [6, 6.07) is 5.82. The number of hydrogen-bond acceptors (Lipinski definition) is 1. The Kier molecular flexibility index (Phi) is 3.32. The fraction of sp³-hybridized carbons (Fsp3) is 0.538. The van der Waals surface area contributed by atoms with Gasteiger partial charge in [0.1, 0.15) is 0 Å². The van der Waals surface area contributed by atoms with E-state index in [-0.39, 0.29) is 6.10 Å². The van der Waals surface area contributed by atoms with Crippen molar-refractivity contribution in [1.82, 2.24) is 0 Å². The molecule has 82 valence electrons. The van der Waals surface area contributed by atoms with Crippen LogP contribution in [0.5, 0.6) is 0 Å². The van der Waals surface area contributed by atoms with Gasteiger partial charge >= 0.3 is 0 Å². The normalized spacial score (nSPS) is 17.8. The number of aryl methyl sites for hydroxylation is 1. The lowest BCUT2D eigenvalue weighted by atomic mass is 10.0. The van der Waals surface area contributed by atoms with Gasteiger partial charge in [-0.3, -0.25) is 0 Å². The maximum atomic E-state index is 9.95. The molecule has 1 aliphatic carbocycles. The second kappa shape index (κ2) is 4.54. The van der Waals surface area contributed by atoms with Crippen LogP contribution in [0, 0.1) is 12.8 Å². The number of aliphatic hydroxyl groups excluding tert-OH is 1. The summed E-state index contributed by atoms with van der Waals surface area (Å²) < 4.78 is 0. The molecule has 0 bridgehead atoms. The van der Waals surface area contributed by atoms with E-state index < -0.39 is 0 Å². The van der Waals surface area contributed by atoms with Gasteiger partial charge in [-0.05, 0) is 42.9 Å². The van der Waals surface area contributed by atoms with Crippen molar-refractivity contribution in [1.29, 1.82) is 0 Å². The van der Waals surface area contributed by atoms with E-state index in [2.05, 4.69) is 0 Å². The maximum absolute atomic E-state index is 9.95. The van der Waals surface area contributed by atoms with E-state index in [4.69, 9.17) is 11.6 Å². The van der Waals surface area contributed by atoms with E-state index >= 15 is 0 Å². The van der Waals surface area contributed by atoms with Crippen molar-refractivity contribution in [2.24, 2.45) is 5.92 Å². The Bertz CT molecular complexity index is 344. The van der Waals surface area contributed by atoms with E-state index in [1.54, 1.807) is 0 Å². The van der Waals surface area contributed by atoms with Gasteiger partial charge in [0, 0.05) is 5.02 Å². The Hall–Kier alpha value is -0.530. The summed E-state index contributed by atoms with van der Waals surface area (Å²) in [5, 5.41) is 10.7. The van der Waals surface area contributed by atoms with E-state index in [1.165, 1.54) is 12.8 Å². The lowest BCUT2D eigenvalue weighted by molar-refractivity contribution is 0.162. The first kappa shape index (κ1) is 11.0. The van der Waals surface area contributed by atoms with Crippen LogP contribution in [-0.2, 0) is 0 Å². The van der Waals surface area contributed by atoms with E-state index in [9.17, 15) is 5.11 Å². The predicted molar refractivity (Wildman–Crippen MR) is 63.1 cm³/mol. The number of rotatable bonds is 4. The summed E-state index contributed by atoms with van der Waals surface area (Å²) in [6.07, 6.45) is 4.36. The lowest BCUT2D eigenvalue weighted by Gasteiger charge is -2.11. The highest BCUT2D eigenvalue weighted by Gasteiger charge is 2.22. The predicted octanol–water partition coefficient (Wildman–Crippen LogP) is 3.87. The molecule has 1 aromatic carbocycles. The molecule has 0 heterocycles. The lowest BCUT2D eigenvalue weighted by Crippen LogP contribution is -1.98.